The van der Waals surface area contributed by atoms with Gasteiger partial charge in [-0.05, 0) is 30.0 Å². The maximum atomic E-state index is 4.83. The molecule has 12 heavy (non-hydrogen) atoms. The van der Waals surface area contributed by atoms with Crippen molar-refractivity contribution >= 4 is 0 Å². The van der Waals surface area contributed by atoms with Crippen LogP contribution in [0.1, 0.15) is 31.7 Å². The van der Waals surface area contributed by atoms with Crippen LogP contribution in [0, 0.1) is 7.11 Å². The largest absolute Gasteiger partial charge is 0.490 e. The van der Waals surface area contributed by atoms with Gasteiger partial charge in [-0.3, -0.25) is 0 Å². The van der Waals surface area contributed by atoms with Crippen LogP contribution in [0.2, 0.25) is 0 Å². The average molecular weight is 163 g/mol. The molecule has 65 valence electrons. The SMILES string of the molecule is [CH2]Oc1ccc(C(C)CC)cc1. The van der Waals surface area contributed by atoms with Crippen LogP contribution in [-0.2, 0) is 0 Å². The third-order valence-electron chi connectivity index (χ3n) is 2.23. The van der Waals surface area contributed by atoms with Crippen LogP contribution in [0.25, 0.3) is 0 Å². The van der Waals surface area contributed by atoms with Gasteiger partial charge in [0.05, 0.1) is 0 Å². The molecule has 1 nitrogen and oxygen atoms in total. The fraction of sp³-hybridized carbons (Fsp3) is 0.364. The van der Waals surface area contributed by atoms with E-state index in [0.29, 0.717) is 5.92 Å². The summed E-state index contributed by atoms with van der Waals surface area (Å²) in [5.41, 5.74) is 1.36. The zero-order valence-corrected chi connectivity index (χ0v) is 7.71. The van der Waals surface area contributed by atoms with E-state index in [-0.39, 0.29) is 0 Å². The first-order chi connectivity index (χ1) is 5.77. The van der Waals surface area contributed by atoms with Crippen LogP contribution >= 0.6 is 0 Å². The highest BCUT2D eigenvalue weighted by Crippen LogP contribution is 2.21. The van der Waals surface area contributed by atoms with E-state index in [0.717, 1.165) is 5.75 Å². The lowest BCUT2D eigenvalue weighted by Crippen LogP contribution is -1.90. The van der Waals surface area contributed by atoms with E-state index in [9.17, 15) is 0 Å². The number of hydrogen-bond acceptors (Lipinski definition) is 1. The molecule has 1 radical (unpaired) electrons. The Labute approximate surface area is 74.4 Å². The Balaban J connectivity index is 2.77. The molecule has 1 unspecified atom stereocenters. The van der Waals surface area contributed by atoms with Crippen molar-refractivity contribution in [3.05, 3.63) is 36.9 Å². The topological polar surface area (TPSA) is 9.23 Å². The van der Waals surface area contributed by atoms with Crippen LogP contribution in [0.3, 0.4) is 0 Å². The molecule has 1 atom stereocenters. The molecule has 1 aromatic carbocycles. The van der Waals surface area contributed by atoms with Gasteiger partial charge in [0.15, 0.2) is 0 Å². The number of rotatable bonds is 3. The summed E-state index contributed by atoms with van der Waals surface area (Å²) in [5.74, 6) is 1.45. The summed E-state index contributed by atoms with van der Waals surface area (Å²) in [7, 11) is 3.35. The predicted octanol–water partition coefficient (Wildman–Crippen LogP) is 3.37. The van der Waals surface area contributed by atoms with Crippen LogP contribution < -0.4 is 4.74 Å². The third-order valence-corrected chi connectivity index (χ3v) is 2.23. The van der Waals surface area contributed by atoms with Crippen molar-refractivity contribution in [1.82, 2.24) is 0 Å². The van der Waals surface area contributed by atoms with Crippen LogP contribution in [0.15, 0.2) is 24.3 Å². The van der Waals surface area contributed by atoms with Crippen molar-refractivity contribution in [2.45, 2.75) is 26.2 Å². The Bertz CT molecular complexity index is 225. The minimum Gasteiger partial charge on any atom is -0.490 e. The van der Waals surface area contributed by atoms with Gasteiger partial charge in [-0.25, -0.2) is 0 Å². The van der Waals surface area contributed by atoms with Crippen molar-refractivity contribution in [2.75, 3.05) is 0 Å². The second-order valence-corrected chi connectivity index (χ2v) is 3.02. The van der Waals surface area contributed by atoms with E-state index in [1.54, 1.807) is 0 Å². The van der Waals surface area contributed by atoms with Crippen molar-refractivity contribution in [1.29, 1.82) is 0 Å². The third kappa shape index (κ3) is 2.00. The molecule has 0 aromatic heterocycles. The van der Waals surface area contributed by atoms with E-state index in [2.05, 4.69) is 33.1 Å². The first-order valence-electron chi connectivity index (χ1n) is 4.30. The van der Waals surface area contributed by atoms with Crippen LogP contribution in [-0.4, -0.2) is 0 Å². The zero-order valence-electron chi connectivity index (χ0n) is 7.71. The first-order valence-corrected chi connectivity index (χ1v) is 4.30. The maximum absolute atomic E-state index is 4.83. The summed E-state index contributed by atoms with van der Waals surface area (Å²) < 4.78 is 4.83. The number of ether oxygens (including phenoxy) is 1. The Morgan fingerprint density at radius 1 is 1.33 bits per heavy atom. The summed E-state index contributed by atoms with van der Waals surface area (Å²) >= 11 is 0. The van der Waals surface area contributed by atoms with Gasteiger partial charge in [0.25, 0.3) is 0 Å². The van der Waals surface area contributed by atoms with Gasteiger partial charge in [0.1, 0.15) is 12.9 Å². The fourth-order valence-corrected chi connectivity index (χ4v) is 1.13. The smallest absolute Gasteiger partial charge is 0.122 e. The maximum Gasteiger partial charge on any atom is 0.122 e. The summed E-state index contributed by atoms with van der Waals surface area (Å²) in [6.07, 6.45) is 1.17. The van der Waals surface area contributed by atoms with Gasteiger partial charge in [0.2, 0.25) is 0 Å². The summed E-state index contributed by atoms with van der Waals surface area (Å²) in [6.45, 7) is 4.41. The van der Waals surface area contributed by atoms with Gasteiger partial charge in [-0.2, -0.15) is 0 Å². The molecule has 0 fully saturated rings. The minimum atomic E-state index is 0.629. The standard InChI is InChI=1S/C11H15O/c1-4-9(2)10-5-7-11(12-3)8-6-10/h5-9H,3-4H2,1-2H3. The molecule has 0 amide bonds. The Morgan fingerprint density at radius 2 is 1.92 bits per heavy atom. The van der Waals surface area contributed by atoms with Gasteiger partial charge in [-0.1, -0.05) is 26.0 Å². The summed E-state index contributed by atoms with van der Waals surface area (Å²) in [6, 6.07) is 8.09. The van der Waals surface area contributed by atoms with E-state index in [1.165, 1.54) is 12.0 Å². The monoisotopic (exact) mass is 163 g/mol. The van der Waals surface area contributed by atoms with Crippen LogP contribution in [0.4, 0.5) is 0 Å². The van der Waals surface area contributed by atoms with Gasteiger partial charge >= 0.3 is 0 Å². The summed E-state index contributed by atoms with van der Waals surface area (Å²) in [5, 5.41) is 0. The van der Waals surface area contributed by atoms with E-state index in [1.807, 2.05) is 12.1 Å². The van der Waals surface area contributed by atoms with E-state index < -0.39 is 0 Å². The minimum absolute atomic E-state index is 0.629. The van der Waals surface area contributed by atoms with Crippen molar-refractivity contribution in [3.8, 4) is 5.75 Å². The normalized spacial score (nSPS) is 12.6. The summed E-state index contributed by atoms with van der Waals surface area (Å²) in [4.78, 5) is 0. The lowest BCUT2D eigenvalue weighted by molar-refractivity contribution is 0.472. The highest BCUT2D eigenvalue weighted by Gasteiger charge is 2.01. The highest BCUT2D eigenvalue weighted by molar-refractivity contribution is 5.29. The quantitative estimate of drug-likeness (QED) is 0.663. The fourth-order valence-electron chi connectivity index (χ4n) is 1.13. The molecule has 0 heterocycles. The molecule has 1 aromatic rings. The highest BCUT2D eigenvalue weighted by atomic mass is 16.5. The lowest BCUT2D eigenvalue weighted by atomic mass is 9.99. The van der Waals surface area contributed by atoms with Gasteiger partial charge < -0.3 is 4.74 Å². The van der Waals surface area contributed by atoms with Crippen molar-refractivity contribution in [2.24, 2.45) is 0 Å². The molecule has 1 heteroatoms. The molecule has 0 saturated carbocycles. The second-order valence-electron chi connectivity index (χ2n) is 3.02. The predicted molar refractivity (Wildman–Crippen MR) is 51.1 cm³/mol. The van der Waals surface area contributed by atoms with Crippen LogP contribution in [0.5, 0.6) is 5.75 Å². The molecule has 0 aliphatic rings. The average Bonchev–Trinajstić information content (AvgIpc) is 2.17. The van der Waals surface area contributed by atoms with Gasteiger partial charge in [0, 0.05) is 0 Å². The molecule has 1 rings (SSSR count). The molecule has 0 aliphatic carbocycles. The zero-order chi connectivity index (χ0) is 8.97. The molecule has 0 saturated heterocycles. The number of benzene rings is 1. The molecule has 0 bridgehead atoms. The van der Waals surface area contributed by atoms with Crippen molar-refractivity contribution < 1.29 is 4.74 Å². The van der Waals surface area contributed by atoms with Crippen molar-refractivity contribution in [3.63, 3.8) is 0 Å². The molecule has 0 spiro atoms. The lowest BCUT2D eigenvalue weighted by Gasteiger charge is -2.08. The molecule has 0 N–H and O–H groups in total. The molecule has 0 aliphatic heterocycles. The molecular weight excluding hydrogens is 148 g/mol. The second kappa shape index (κ2) is 4.15. The Kier molecular flexibility index (Phi) is 3.15. The van der Waals surface area contributed by atoms with E-state index >= 15 is 0 Å². The first kappa shape index (κ1) is 9.11. The van der Waals surface area contributed by atoms with Gasteiger partial charge in [-0.15, -0.1) is 0 Å². The number of hydrogen-bond donors (Lipinski definition) is 0. The van der Waals surface area contributed by atoms with E-state index in [4.69, 9.17) is 4.74 Å². The Hall–Kier alpha value is -0.980. The molecular formula is C11H15O. The Morgan fingerprint density at radius 3 is 2.33 bits per heavy atom.